The zero-order valence-corrected chi connectivity index (χ0v) is 15.2. The fourth-order valence-electron chi connectivity index (χ4n) is 3.74. The summed E-state index contributed by atoms with van der Waals surface area (Å²) in [6.07, 6.45) is 4.32. The lowest BCUT2D eigenvalue weighted by Gasteiger charge is -2.22. The fourth-order valence-corrected chi connectivity index (χ4v) is 5.10. The molecular weight excluding hydrogens is 328 g/mol. The van der Waals surface area contributed by atoms with Gasteiger partial charge in [-0.25, -0.2) is 0 Å². The van der Waals surface area contributed by atoms with E-state index in [9.17, 15) is 9.90 Å². The van der Waals surface area contributed by atoms with E-state index < -0.39 is 0 Å². The number of rotatable bonds is 3. The number of aliphatic hydroxyl groups is 1. The van der Waals surface area contributed by atoms with Gasteiger partial charge in [-0.3, -0.25) is 4.79 Å². The molecule has 0 saturated carbocycles. The minimum Gasteiger partial charge on any atom is -0.392 e. The first-order valence-electron chi connectivity index (χ1n) is 8.98. The average molecular weight is 350 g/mol. The molecule has 1 N–H and O–H groups in total. The molecule has 2 nitrogen and oxygen atoms in total. The molecule has 2 aromatic carbocycles. The minimum absolute atomic E-state index is 0.0599. The molecule has 0 spiro atoms. The Kier molecular flexibility index (Phi) is 4.45. The van der Waals surface area contributed by atoms with Crippen LogP contribution in [0, 0.1) is 5.92 Å². The number of hydrogen-bond donors (Lipinski definition) is 1. The van der Waals surface area contributed by atoms with Crippen LogP contribution in [-0.2, 0) is 19.4 Å². The summed E-state index contributed by atoms with van der Waals surface area (Å²) in [5.41, 5.74) is 4.44. The van der Waals surface area contributed by atoms with E-state index in [0.29, 0.717) is 0 Å². The highest BCUT2D eigenvalue weighted by Gasteiger charge is 2.21. The van der Waals surface area contributed by atoms with Gasteiger partial charge in [-0.05, 0) is 54.0 Å². The second-order valence-electron chi connectivity index (χ2n) is 6.92. The van der Waals surface area contributed by atoms with Gasteiger partial charge in [0, 0.05) is 20.5 Å². The van der Waals surface area contributed by atoms with Crippen molar-refractivity contribution in [2.75, 3.05) is 0 Å². The van der Waals surface area contributed by atoms with Crippen LogP contribution in [0.2, 0.25) is 0 Å². The van der Waals surface area contributed by atoms with Gasteiger partial charge < -0.3 is 5.11 Å². The lowest BCUT2D eigenvalue weighted by Crippen LogP contribution is -2.20. The van der Waals surface area contributed by atoms with Gasteiger partial charge in [0.1, 0.15) is 0 Å². The van der Waals surface area contributed by atoms with Crippen molar-refractivity contribution < 1.29 is 5.11 Å². The molecule has 1 aromatic heterocycles. The molecule has 0 bridgehead atoms. The van der Waals surface area contributed by atoms with Crippen molar-refractivity contribution in [2.24, 2.45) is 5.92 Å². The lowest BCUT2D eigenvalue weighted by molar-refractivity contribution is 0.282. The second-order valence-corrected chi connectivity index (χ2v) is 8.05. The van der Waals surface area contributed by atoms with E-state index in [1.165, 1.54) is 11.3 Å². The first-order chi connectivity index (χ1) is 12.2. The molecule has 1 aliphatic rings. The number of hydrogen-bond acceptors (Lipinski definition) is 3. The zero-order valence-electron chi connectivity index (χ0n) is 14.4. The Bertz CT molecular complexity index is 970. The van der Waals surface area contributed by atoms with Crippen molar-refractivity contribution in [1.82, 2.24) is 0 Å². The van der Waals surface area contributed by atoms with Crippen molar-refractivity contribution >= 4 is 21.4 Å². The Balaban J connectivity index is 1.81. The number of benzene rings is 2. The van der Waals surface area contributed by atoms with E-state index in [2.05, 4.69) is 13.0 Å². The highest BCUT2D eigenvalue weighted by Crippen LogP contribution is 2.33. The maximum Gasteiger partial charge on any atom is 0.191 e. The largest absolute Gasteiger partial charge is 0.392 e. The summed E-state index contributed by atoms with van der Waals surface area (Å²) in [5, 5.41) is 10.0. The average Bonchev–Trinajstić information content (AvgIpc) is 2.67. The maximum atomic E-state index is 12.9. The van der Waals surface area contributed by atoms with Gasteiger partial charge in [-0.2, -0.15) is 0 Å². The monoisotopic (exact) mass is 350 g/mol. The van der Waals surface area contributed by atoms with Crippen LogP contribution in [0.15, 0.2) is 47.3 Å². The minimum atomic E-state index is 0.0599. The van der Waals surface area contributed by atoms with E-state index in [4.69, 9.17) is 0 Å². The van der Waals surface area contributed by atoms with Crippen LogP contribution in [0.25, 0.3) is 21.2 Å². The third kappa shape index (κ3) is 3.03. The predicted octanol–water partition coefficient (Wildman–Crippen LogP) is 4.94. The Morgan fingerprint density at radius 2 is 1.88 bits per heavy atom. The molecule has 1 unspecified atom stereocenters. The molecule has 0 fully saturated rings. The van der Waals surface area contributed by atoms with Crippen molar-refractivity contribution in [3.8, 4) is 11.1 Å². The van der Waals surface area contributed by atoms with Gasteiger partial charge in [-0.1, -0.05) is 43.7 Å². The smallest absolute Gasteiger partial charge is 0.191 e. The van der Waals surface area contributed by atoms with Gasteiger partial charge in [0.25, 0.3) is 0 Å². The topological polar surface area (TPSA) is 37.3 Å². The molecule has 4 rings (SSSR count). The van der Waals surface area contributed by atoms with Gasteiger partial charge in [0.2, 0.25) is 0 Å². The Morgan fingerprint density at radius 3 is 2.60 bits per heavy atom. The van der Waals surface area contributed by atoms with Crippen LogP contribution in [0.4, 0.5) is 0 Å². The summed E-state index contributed by atoms with van der Waals surface area (Å²) >= 11 is 1.80. The van der Waals surface area contributed by atoms with Crippen LogP contribution in [0.1, 0.15) is 35.8 Å². The Hall–Kier alpha value is -1.97. The molecule has 0 radical (unpaired) electrons. The van der Waals surface area contributed by atoms with E-state index in [0.717, 1.165) is 57.5 Å². The van der Waals surface area contributed by atoms with Crippen LogP contribution in [-0.4, -0.2) is 5.11 Å². The van der Waals surface area contributed by atoms with E-state index in [1.54, 1.807) is 11.3 Å². The summed E-state index contributed by atoms with van der Waals surface area (Å²) in [6.45, 7) is 2.30. The summed E-state index contributed by atoms with van der Waals surface area (Å²) in [7, 11) is 0. The molecular formula is C22H22O2S. The lowest BCUT2D eigenvalue weighted by atomic mass is 9.86. The first kappa shape index (κ1) is 16.5. The Morgan fingerprint density at radius 1 is 1.12 bits per heavy atom. The standard InChI is InChI=1S/C22H22O2S/c1-2-14-5-9-18-20(11-14)25-21-12-17(8-10-19(21)22(18)24)16-6-3-15(13-23)4-7-16/h3-4,6-8,10,12,14,23H,2,5,9,11,13H2,1H3. The summed E-state index contributed by atoms with van der Waals surface area (Å²) in [6, 6.07) is 14.1. The Labute approximate surface area is 151 Å². The molecule has 0 aliphatic heterocycles. The van der Waals surface area contributed by atoms with Gasteiger partial charge in [0.15, 0.2) is 5.43 Å². The van der Waals surface area contributed by atoms with Crippen molar-refractivity contribution in [2.45, 2.75) is 39.2 Å². The first-order valence-corrected chi connectivity index (χ1v) is 9.80. The highest BCUT2D eigenvalue weighted by atomic mass is 32.1. The van der Waals surface area contributed by atoms with Gasteiger partial charge in [0.05, 0.1) is 6.61 Å². The SMILES string of the molecule is CCC1CCc2c(sc3cc(-c4ccc(CO)cc4)ccc3c2=O)C1. The van der Waals surface area contributed by atoms with Crippen LogP contribution in [0.3, 0.4) is 0 Å². The normalized spacial score (nSPS) is 16.8. The third-order valence-electron chi connectivity index (χ3n) is 5.39. The van der Waals surface area contributed by atoms with Crippen molar-refractivity contribution in [1.29, 1.82) is 0 Å². The molecule has 0 saturated heterocycles. The third-order valence-corrected chi connectivity index (χ3v) is 6.61. The molecule has 1 heterocycles. The van der Waals surface area contributed by atoms with Crippen LogP contribution in [0.5, 0.6) is 0 Å². The van der Waals surface area contributed by atoms with Gasteiger partial charge >= 0.3 is 0 Å². The molecule has 0 amide bonds. The number of aliphatic hydroxyl groups excluding tert-OH is 1. The van der Waals surface area contributed by atoms with Gasteiger partial charge in [-0.15, -0.1) is 11.3 Å². The molecule has 3 aromatic rings. The molecule has 128 valence electrons. The van der Waals surface area contributed by atoms with E-state index in [1.807, 2.05) is 36.4 Å². The molecule has 1 atom stereocenters. The maximum absolute atomic E-state index is 12.9. The van der Waals surface area contributed by atoms with E-state index in [-0.39, 0.29) is 12.0 Å². The van der Waals surface area contributed by atoms with Crippen molar-refractivity contribution in [3.63, 3.8) is 0 Å². The molecule has 3 heteroatoms. The van der Waals surface area contributed by atoms with E-state index >= 15 is 0 Å². The predicted molar refractivity (Wildman–Crippen MR) is 105 cm³/mol. The second kappa shape index (κ2) is 6.74. The zero-order chi connectivity index (χ0) is 17.4. The summed E-state index contributed by atoms with van der Waals surface area (Å²) in [5.74, 6) is 0.717. The highest BCUT2D eigenvalue weighted by molar-refractivity contribution is 7.18. The molecule has 25 heavy (non-hydrogen) atoms. The molecule has 1 aliphatic carbocycles. The fraction of sp³-hybridized carbons (Fsp3) is 0.318. The summed E-state index contributed by atoms with van der Waals surface area (Å²) < 4.78 is 1.09. The van der Waals surface area contributed by atoms with Crippen LogP contribution < -0.4 is 5.43 Å². The van der Waals surface area contributed by atoms with Crippen molar-refractivity contribution in [3.05, 3.63) is 68.7 Å². The number of fused-ring (bicyclic) bond motifs is 2. The van der Waals surface area contributed by atoms with Crippen LogP contribution >= 0.6 is 11.3 Å². The summed E-state index contributed by atoms with van der Waals surface area (Å²) in [4.78, 5) is 14.2. The quantitative estimate of drug-likeness (QED) is 0.727.